The van der Waals surface area contributed by atoms with Crippen LogP contribution in [-0.4, -0.2) is 34.7 Å². The molecule has 1 aromatic rings. The SMILES string of the molecule is CC(C)(C(O)Cc1cccc(F)c1Cl)N1CCCC1. The van der Waals surface area contributed by atoms with Crippen LogP contribution in [0.25, 0.3) is 0 Å². The van der Waals surface area contributed by atoms with E-state index in [1.807, 2.05) is 13.8 Å². The summed E-state index contributed by atoms with van der Waals surface area (Å²) in [6, 6.07) is 4.74. The van der Waals surface area contributed by atoms with Crippen molar-refractivity contribution in [2.45, 2.75) is 44.8 Å². The van der Waals surface area contributed by atoms with Crippen LogP contribution in [0, 0.1) is 5.82 Å². The molecule has 2 nitrogen and oxygen atoms in total. The van der Waals surface area contributed by atoms with Gasteiger partial charge in [0.1, 0.15) is 5.82 Å². The van der Waals surface area contributed by atoms with E-state index in [1.54, 1.807) is 12.1 Å². The van der Waals surface area contributed by atoms with Crippen molar-refractivity contribution in [1.82, 2.24) is 4.90 Å². The summed E-state index contributed by atoms with van der Waals surface area (Å²) in [6.07, 6.45) is 2.17. The quantitative estimate of drug-likeness (QED) is 0.918. The highest BCUT2D eigenvalue weighted by atomic mass is 35.5. The smallest absolute Gasteiger partial charge is 0.142 e. The first-order chi connectivity index (χ1) is 8.93. The Labute approximate surface area is 119 Å². The second kappa shape index (κ2) is 5.78. The van der Waals surface area contributed by atoms with Crippen molar-refractivity contribution in [1.29, 1.82) is 0 Å². The summed E-state index contributed by atoms with van der Waals surface area (Å²) in [5, 5.41) is 10.6. The van der Waals surface area contributed by atoms with Crippen LogP contribution in [0.5, 0.6) is 0 Å². The monoisotopic (exact) mass is 285 g/mol. The summed E-state index contributed by atoms with van der Waals surface area (Å²) in [7, 11) is 0. The van der Waals surface area contributed by atoms with Crippen molar-refractivity contribution < 1.29 is 9.50 Å². The molecule has 0 bridgehead atoms. The molecule has 0 amide bonds. The number of aliphatic hydroxyl groups excluding tert-OH is 1. The van der Waals surface area contributed by atoms with Crippen molar-refractivity contribution in [3.05, 3.63) is 34.6 Å². The van der Waals surface area contributed by atoms with Crippen molar-refractivity contribution in [2.75, 3.05) is 13.1 Å². The molecule has 2 rings (SSSR count). The highest BCUT2D eigenvalue weighted by Crippen LogP contribution is 2.28. The summed E-state index contributed by atoms with van der Waals surface area (Å²) in [6.45, 7) is 6.11. The summed E-state index contributed by atoms with van der Waals surface area (Å²) in [5.41, 5.74) is 0.355. The standard InChI is InChI=1S/C15H21ClFNO/c1-15(2,18-8-3-4-9-18)13(19)10-11-6-5-7-12(17)14(11)16/h5-7,13,19H,3-4,8-10H2,1-2H3. The zero-order chi connectivity index (χ0) is 14.0. The Hall–Kier alpha value is -0.640. The lowest BCUT2D eigenvalue weighted by Gasteiger charge is -2.39. The Morgan fingerprint density at radius 2 is 2.00 bits per heavy atom. The molecule has 106 valence electrons. The van der Waals surface area contributed by atoms with Gasteiger partial charge in [0.25, 0.3) is 0 Å². The third-order valence-corrected chi connectivity index (χ3v) is 4.60. The van der Waals surface area contributed by atoms with E-state index in [9.17, 15) is 9.50 Å². The molecule has 1 aliphatic heterocycles. The second-order valence-electron chi connectivity index (χ2n) is 5.78. The van der Waals surface area contributed by atoms with Crippen LogP contribution in [0.4, 0.5) is 4.39 Å². The topological polar surface area (TPSA) is 23.5 Å². The minimum Gasteiger partial charge on any atom is -0.391 e. The van der Waals surface area contributed by atoms with Gasteiger partial charge in [0.15, 0.2) is 0 Å². The van der Waals surface area contributed by atoms with E-state index in [2.05, 4.69) is 4.90 Å². The van der Waals surface area contributed by atoms with E-state index in [-0.39, 0.29) is 10.6 Å². The van der Waals surface area contributed by atoms with Gasteiger partial charge < -0.3 is 5.11 Å². The van der Waals surface area contributed by atoms with E-state index in [0.29, 0.717) is 12.0 Å². The lowest BCUT2D eigenvalue weighted by atomic mass is 9.90. The van der Waals surface area contributed by atoms with Gasteiger partial charge >= 0.3 is 0 Å². The summed E-state index contributed by atoms with van der Waals surface area (Å²) in [5.74, 6) is -0.426. The van der Waals surface area contributed by atoms with E-state index >= 15 is 0 Å². The van der Waals surface area contributed by atoms with Gasteiger partial charge in [0.2, 0.25) is 0 Å². The first kappa shape index (κ1) is 14.8. The zero-order valence-corrected chi connectivity index (χ0v) is 12.3. The highest BCUT2D eigenvalue weighted by Gasteiger charge is 2.36. The van der Waals surface area contributed by atoms with E-state index < -0.39 is 11.9 Å². The normalized spacial score (nSPS) is 18.8. The third-order valence-electron chi connectivity index (χ3n) is 4.18. The van der Waals surface area contributed by atoms with E-state index in [1.165, 1.54) is 18.9 Å². The van der Waals surface area contributed by atoms with Gasteiger partial charge in [-0.25, -0.2) is 4.39 Å². The Bertz CT molecular complexity index is 444. The van der Waals surface area contributed by atoms with Gasteiger partial charge in [-0.3, -0.25) is 4.90 Å². The number of hydrogen-bond acceptors (Lipinski definition) is 2. The molecule has 1 atom stereocenters. The molecule has 1 aliphatic rings. The average Bonchev–Trinajstić information content (AvgIpc) is 2.89. The molecular formula is C15H21ClFNO. The fourth-order valence-corrected chi connectivity index (χ4v) is 2.87. The number of aliphatic hydroxyl groups is 1. The van der Waals surface area contributed by atoms with Crippen LogP contribution in [0.15, 0.2) is 18.2 Å². The molecule has 0 spiro atoms. The van der Waals surface area contributed by atoms with Crippen LogP contribution >= 0.6 is 11.6 Å². The molecule has 1 saturated heterocycles. The fraction of sp³-hybridized carbons (Fsp3) is 0.600. The first-order valence-corrected chi connectivity index (χ1v) is 7.16. The summed E-state index contributed by atoms with van der Waals surface area (Å²) >= 11 is 5.95. The molecule has 0 saturated carbocycles. The molecule has 0 radical (unpaired) electrons. The molecule has 1 aromatic carbocycles. The molecule has 0 aromatic heterocycles. The Kier molecular flexibility index (Phi) is 4.49. The van der Waals surface area contributed by atoms with Crippen LogP contribution in [0.3, 0.4) is 0 Å². The highest BCUT2D eigenvalue weighted by molar-refractivity contribution is 6.31. The lowest BCUT2D eigenvalue weighted by molar-refractivity contribution is 0.00335. The minimum atomic E-state index is -0.565. The van der Waals surface area contributed by atoms with Crippen LogP contribution in [-0.2, 0) is 6.42 Å². The van der Waals surface area contributed by atoms with Gasteiger partial charge in [-0.15, -0.1) is 0 Å². The maximum Gasteiger partial charge on any atom is 0.142 e. The maximum atomic E-state index is 13.4. The number of likely N-dealkylation sites (tertiary alicyclic amines) is 1. The Balaban J connectivity index is 2.11. The molecule has 1 fully saturated rings. The van der Waals surface area contributed by atoms with Gasteiger partial charge in [0, 0.05) is 12.0 Å². The number of nitrogens with zero attached hydrogens (tertiary/aromatic N) is 1. The second-order valence-corrected chi connectivity index (χ2v) is 6.16. The summed E-state index contributed by atoms with van der Waals surface area (Å²) in [4.78, 5) is 2.30. The predicted molar refractivity (Wildman–Crippen MR) is 76.0 cm³/mol. The largest absolute Gasteiger partial charge is 0.391 e. The van der Waals surface area contributed by atoms with Crippen LogP contribution in [0.2, 0.25) is 5.02 Å². The maximum absolute atomic E-state index is 13.4. The Morgan fingerprint density at radius 1 is 1.37 bits per heavy atom. The third kappa shape index (κ3) is 3.10. The number of halogens is 2. The molecule has 1 heterocycles. The molecule has 4 heteroatoms. The van der Waals surface area contributed by atoms with E-state index in [0.717, 1.165) is 13.1 Å². The number of hydrogen-bond donors (Lipinski definition) is 1. The minimum absolute atomic E-state index is 0.124. The molecule has 1 unspecified atom stereocenters. The fourth-order valence-electron chi connectivity index (χ4n) is 2.67. The molecular weight excluding hydrogens is 265 g/mol. The van der Waals surface area contributed by atoms with Crippen LogP contribution in [0.1, 0.15) is 32.3 Å². The molecule has 19 heavy (non-hydrogen) atoms. The zero-order valence-electron chi connectivity index (χ0n) is 11.5. The first-order valence-electron chi connectivity index (χ1n) is 6.79. The predicted octanol–water partition coefficient (Wildman–Crippen LogP) is 3.26. The van der Waals surface area contributed by atoms with Gasteiger partial charge in [-0.2, -0.15) is 0 Å². The van der Waals surface area contributed by atoms with Gasteiger partial charge in [-0.05, 0) is 51.4 Å². The lowest BCUT2D eigenvalue weighted by Crippen LogP contribution is -2.51. The van der Waals surface area contributed by atoms with Gasteiger partial charge in [-0.1, -0.05) is 23.7 Å². The van der Waals surface area contributed by atoms with Crippen molar-refractivity contribution >= 4 is 11.6 Å². The Morgan fingerprint density at radius 3 is 2.63 bits per heavy atom. The average molecular weight is 286 g/mol. The van der Waals surface area contributed by atoms with E-state index in [4.69, 9.17) is 11.6 Å². The van der Waals surface area contributed by atoms with Crippen molar-refractivity contribution in [3.63, 3.8) is 0 Å². The molecule has 1 N–H and O–H groups in total. The van der Waals surface area contributed by atoms with Crippen molar-refractivity contribution in [3.8, 4) is 0 Å². The molecule has 0 aliphatic carbocycles. The number of benzene rings is 1. The number of rotatable bonds is 4. The van der Waals surface area contributed by atoms with Gasteiger partial charge in [0.05, 0.1) is 11.1 Å². The van der Waals surface area contributed by atoms with Crippen molar-refractivity contribution in [2.24, 2.45) is 0 Å². The summed E-state index contributed by atoms with van der Waals surface area (Å²) < 4.78 is 13.4. The van der Waals surface area contributed by atoms with Crippen LogP contribution < -0.4 is 0 Å².